The third kappa shape index (κ3) is 3.08. The Bertz CT molecular complexity index is 416. The predicted molar refractivity (Wildman–Crippen MR) is 74.5 cm³/mol. The lowest BCUT2D eigenvalue weighted by Gasteiger charge is -2.14. The molecule has 0 saturated carbocycles. The Labute approximate surface area is 119 Å². The molecule has 0 aromatic heterocycles. The van der Waals surface area contributed by atoms with Crippen molar-refractivity contribution >= 4 is 17.7 Å². The maximum absolute atomic E-state index is 12.2. The zero-order valence-electron chi connectivity index (χ0n) is 12.1. The Hall–Kier alpha value is -1.65. The summed E-state index contributed by atoms with van der Waals surface area (Å²) in [5.41, 5.74) is 0. The lowest BCUT2D eigenvalue weighted by molar-refractivity contribution is -0.143. The number of imide groups is 1. The van der Waals surface area contributed by atoms with Crippen LogP contribution in [0.4, 0.5) is 0 Å². The molecule has 0 aromatic rings. The third-order valence-electron chi connectivity index (χ3n) is 3.94. The molecule has 1 N–H and O–H groups in total. The summed E-state index contributed by atoms with van der Waals surface area (Å²) in [6, 6.07) is 0. The van der Waals surface area contributed by atoms with Gasteiger partial charge in [-0.3, -0.25) is 19.3 Å². The molecule has 1 fully saturated rings. The van der Waals surface area contributed by atoms with Crippen LogP contribution in [0.1, 0.15) is 33.1 Å². The normalized spacial score (nSPS) is 25.2. The molecule has 1 aliphatic carbocycles. The van der Waals surface area contributed by atoms with Crippen molar-refractivity contribution in [3.8, 4) is 0 Å². The van der Waals surface area contributed by atoms with E-state index < -0.39 is 0 Å². The van der Waals surface area contributed by atoms with Crippen LogP contribution in [0.2, 0.25) is 0 Å². The van der Waals surface area contributed by atoms with Gasteiger partial charge in [0.1, 0.15) is 6.54 Å². The molecule has 2 atom stereocenters. The number of hydrogen-bond acceptors (Lipinski definition) is 3. The van der Waals surface area contributed by atoms with E-state index in [0.717, 1.165) is 11.3 Å². The monoisotopic (exact) mass is 278 g/mol. The average Bonchev–Trinajstić information content (AvgIpc) is 2.64. The maximum Gasteiger partial charge on any atom is 0.240 e. The minimum absolute atomic E-state index is 0.136. The maximum atomic E-state index is 12.2. The van der Waals surface area contributed by atoms with Crippen LogP contribution in [0.15, 0.2) is 12.2 Å². The fourth-order valence-corrected chi connectivity index (χ4v) is 2.72. The summed E-state index contributed by atoms with van der Waals surface area (Å²) < 4.78 is 0. The summed E-state index contributed by atoms with van der Waals surface area (Å²) in [6.45, 7) is 4.61. The van der Waals surface area contributed by atoms with E-state index in [1.54, 1.807) is 0 Å². The summed E-state index contributed by atoms with van der Waals surface area (Å²) >= 11 is 0. The number of carbonyl (C=O) groups excluding carboxylic acids is 3. The van der Waals surface area contributed by atoms with Crippen molar-refractivity contribution < 1.29 is 14.4 Å². The first-order chi connectivity index (χ1) is 9.50. The highest BCUT2D eigenvalue weighted by atomic mass is 16.2. The molecule has 0 bridgehead atoms. The summed E-state index contributed by atoms with van der Waals surface area (Å²) in [4.78, 5) is 37.3. The van der Waals surface area contributed by atoms with Crippen molar-refractivity contribution in [1.82, 2.24) is 10.2 Å². The van der Waals surface area contributed by atoms with Crippen LogP contribution < -0.4 is 5.32 Å². The summed E-state index contributed by atoms with van der Waals surface area (Å²) in [5, 5.41) is 2.76. The fraction of sp³-hybridized carbons (Fsp3) is 0.667. The van der Waals surface area contributed by atoms with Crippen molar-refractivity contribution in [1.29, 1.82) is 0 Å². The molecular weight excluding hydrogens is 256 g/mol. The molecule has 3 amide bonds. The van der Waals surface area contributed by atoms with Gasteiger partial charge in [-0.25, -0.2) is 0 Å². The molecule has 5 nitrogen and oxygen atoms in total. The number of nitrogens with zero attached hydrogens (tertiary/aromatic N) is 1. The van der Waals surface area contributed by atoms with Crippen LogP contribution >= 0.6 is 0 Å². The Morgan fingerprint density at radius 1 is 1.25 bits per heavy atom. The van der Waals surface area contributed by atoms with Gasteiger partial charge in [0.2, 0.25) is 17.7 Å². The topological polar surface area (TPSA) is 66.5 Å². The van der Waals surface area contributed by atoms with E-state index >= 15 is 0 Å². The zero-order chi connectivity index (χ0) is 14.7. The molecule has 0 radical (unpaired) electrons. The van der Waals surface area contributed by atoms with Crippen molar-refractivity contribution in [2.45, 2.75) is 33.1 Å². The average molecular weight is 278 g/mol. The molecule has 1 heterocycles. The lowest BCUT2D eigenvalue weighted by atomic mass is 9.85. The molecule has 0 spiro atoms. The number of carbonyl (C=O) groups is 3. The molecule has 20 heavy (non-hydrogen) atoms. The largest absolute Gasteiger partial charge is 0.355 e. The second-order valence-electron chi connectivity index (χ2n) is 5.95. The molecular formula is C15H22N2O3. The van der Waals surface area contributed by atoms with Crippen LogP contribution in [0.5, 0.6) is 0 Å². The van der Waals surface area contributed by atoms with Gasteiger partial charge < -0.3 is 5.32 Å². The summed E-state index contributed by atoms with van der Waals surface area (Å²) in [6.07, 6.45) is 6.00. The van der Waals surface area contributed by atoms with Gasteiger partial charge in [-0.15, -0.1) is 0 Å². The number of hydrogen-bond donors (Lipinski definition) is 1. The highest BCUT2D eigenvalue weighted by molar-refractivity contribution is 6.07. The molecule has 5 heteroatoms. The Kier molecular flexibility index (Phi) is 4.57. The minimum Gasteiger partial charge on any atom is -0.355 e. The first-order valence-electron chi connectivity index (χ1n) is 7.27. The van der Waals surface area contributed by atoms with Crippen LogP contribution in [-0.4, -0.2) is 35.7 Å². The molecule has 1 aliphatic heterocycles. The van der Waals surface area contributed by atoms with E-state index in [9.17, 15) is 14.4 Å². The Morgan fingerprint density at radius 2 is 1.80 bits per heavy atom. The van der Waals surface area contributed by atoms with Crippen molar-refractivity contribution in [2.24, 2.45) is 17.8 Å². The van der Waals surface area contributed by atoms with E-state index in [2.05, 4.69) is 19.2 Å². The van der Waals surface area contributed by atoms with Crippen molar-refractivity contribution in [3.05, 3.63) is 12.2 Å². The molecule has 2 rings (SSSR count). The van der Waals surface area contributed by atoms with Gasteiger partial charge in [-0.2, -0.15) is 0 Å². The first-order valence-corrected chi connectivity index (χ1v) is 7.27. The fourth-order valence-electron chi connectivity index (χ4n) is 2.72. The molecule has 0 aromatic carbocycles. The van der Waals surface area contributed by atoms with Crippen LogP contribution in [0, 0.1) is 17.8 Å². The van der Waals surface area contributed by atoms with E-state index in [0.29, 0.717) is 25.3 Å². The van der Waals surface area contributed by atoms with E-state index in [1.165, 1.54) is 0 Å². The van der Waals surface area contributed by atoms with Crippen LogP contribution in [0.3, 0.4) is 0 Å². The number of nitrogens with one attached hydrogen (secondary N) is 1. The van der Waals surface area contributed by atoms with Gasteiger partial charge in [-0.1, -0.05) is 26.0 Å². The number of likely N-dealkylation sites (tertiary alicyclic amines) is 1. The number of allylic oxidation sites excluding steroid dienone is 2. The van der Waals surface area contributed by atoms with E-state index in [-0.39, 0.29) is 36.1 Å². The second-order valence-corrected chi connectivity index (χ2v) is 5.95. The second kappa shape index (κ2) is 6.20. The molecule has 110 valence electrons. The van der Waals surface area contributed by atoms with Crippen molar-refractivity contribution in [2.75, 3.05) is 13.1 Å². The van der Waals surface area contributed by atoms with Crippen LogP contribution in [0.25, 0.3) is 0 Å². The summed E-state index contributed by atoms with van der Waals surface area (Å²) in [5.74, 6) is -0.628. The van der Waals surface area contributed by atoms with Gasteiger partial charge in [0, 0.05) is 6.54 Å². The van der Waals surface area contributed by atoms with Gasteiger partial charge in [0.05, 0.1) is 11.8 Å². The van der Waals surface area contributed by atoms with Gasteiger partial charge in [0.15, 0.2) is 0 Å². The number of rotatable bonds is 5. The Morgan fingerprint density at radius 3 is 2.30 bits per heavy atom. The smallest absolute Gasteiger partial charge is 0.240 e. The molecule has 0 unspecified atom stereocenters. The standard InChI is InChI=1S/C15H22N2O3/c1-10(2)7-8-16-13(18)9-17-14(19)11-5-3-4-6-12(11)15(17)20/h3-4,10-12H,5-9H2,1-2H3,(H,16,18)/t11-,12+. The zero-order valence-corrected chi connectivity index (χ0v) is 12.1. The number of amides is 3. The highest BCUT2D eigenvalue weighted by Crippen LogP contribution is 2.34. The van der Waals surface area contributed by atoms with Gasteiger partial charge >= 0.3 is 0 Å². The third-order valence-corrected chi connectivity index (χ3v) is 3.94. The van der Waals surface area contributed by atoms with E-state index in [4.69, 9.17) is 0 Å². The van der Waals surface area contributed by atoms with Gasteiger partial charge in [-0.05, 0) is 25.2 Å². The van der Waals surface area contributed by atoms with E-state index in [1.807, 2.05) is 12.2 Å². The molecule has 1 saturated heterocycles. The quantitative estimate of drug-likeness (QED) is 0.605. The van der Waals surface area contributed by atoms with Gasteiger partial charge in [0.25, 0.3) is 0 Å². The SMILES string of the molecule is CC(C)CCNC(=O)CN1C(=O)[C@H]2CC=CC[C@H]2C1=O. The predicted octanol–water partition coefficient (Wildman–Crippen LogP) is 1.10. The first kappa shape index (κ1) is 14.8. The summed E-state index contributed by atoms with van der Waals surface area (Å²) in [7, 11) is 0. The van der Waals surface area contributed by atoms with Crippen molar-refractivity contribution in [3.63, 3.8) is 0 Å². The highest BCUT2D eigenvalue weighted by Gasteiger charge is 2.47. The van der Waals surface area contributed by atoms with Crippen LogP contribution in [-0.2, 0) is 14.4 Å². The minimum atomic E-state index is -0.254. The lowest BCUT2D eigenvalue weighted by Crippen LogP contribution is -2.41. The number of fused-ring (bicyclic) bond motifs is 1. The Balaban J connectivity index is 1.88. The molecule has 2 aliphatic rings.